The number of carbonyl (C=O) groups excluding carboxylic acids is 1. The van der Waals surface area contributed by atoms with Crippen LogP contribution >= 0.6 is 12.4 Å². The number of nitrogens with two attached hydrogens (primary N) is 1. The van der Waals surface area contributed by atoms with Crippen molar-refractivity contribution in [2.75, 3.05) is 13.1 Å². The van der Waals surface area contributed by atoms with Crippen LogP contribution in [0.5, 0.6) is 0 Å². The van der Waals surface area contributed by atoms with Gasteiger partial charge < -0.3 is 15.4 Å². The summed E-state index contributed by atoms with van der Waals surface area (Å²) in [6.45, 7) is 5.53. The van der Waals surface area contributed by atoms with Crippen molar-refractivity contribution in [1.82, 2.24) is 4.90 Å². The summed E-state index contributed by atoms with van der Waals surface area (Å²) in [6, 6.07) is 0. The summed E-state index contributed by atoms with van der Waals surface area (Å²) in [5.41, 5.74) is 5.45. The molecular weight excluding hydrogens is 288 g/mol. The SMILES string of the molecule is CCCC(C)(N)C(=O)N1CCC(OC2CCCC2)CC1.Cl. The second-order valence-electron chi connectivity index (χ2n) is 6.70. The summed E-state index contributed by atoms with van der Waals surface area (Å²) in [6.07, 6.45) is 9.50. The molecule has 1 saturated carbocycles. The Bertz CT molecular complexity index is 322. The van der Waals surface area contributed by atoms with Crippen LogP contribution in [0.25, 0.3) is 0 Å². The minimum Gasteiger partial charge on any atom is -0.375 e. The second kappa shape index (κ2) is 8.35. The minimum atomic E-state index is -0.700. The summed E-state index contributed by atoms with van der Waals surface area (Å²) in [5.74, 6) is 0.110. The monoisotopic (exact) mass is 318 g/mol. The Kier molecular flexibility index (Phi) is 7.45. The fourth-order valence-corrected chi connectivity index (χ4v) is 3.48. The van der Waals surface area contributed by atoms with Crippen molar-refractivity contribution in [3.8, 4) is 0 Å². The van der Waals surface area contributed by atoms with E-state index >= 15 is 0 Å². The highest BCUT2D eigenvalue weighted by atomic mass is 35.5. The second-order valence-corrected chi connectivity index (χ2v) is 6.70. The molecule has 1 atom stereocenters. The van der Waals surface area contributed by atoms with E-state index in [-0.39, 0.29) is 18.3 Å². The highest BCUT2D eigenvalue weighted by molar-refractivity contribution is 5.86. The molecule has 2 rings (SSSR count). The van der Waals surface area contributed by atoms with Crippen molar-refractivity contribution in [3.05, 3.63) is 0 Å². The quantitative estimate of drug-likeness (QED) is 0.848. The van der Waals surface area contributed by atoms with Crippen LogP contribution in [-0.2, 0) is 9.53 Å². The van der Waals surface area contributed by atoms with E-state index in [1.54, 1.807) is 0 Å². The number of carbonyl (C=O) groups is 1. The average molecular weight is 319 g/mol. The highest BCUT2D eigenvalue weighted by Gasteiger charge is 2.34. The molecule has 0 bridgehead atoms. The molecule has 1 aliphatic heterocycles. The fraction of sp³-hybridized carbons (Fsp3) is 0.938. The van der Waals surface area contributed by atoms with Crippen molar-refractivity contribution < 1.29 is 9.53 Å². The van der Waals surface area contributed by atoms with E-state index in [4.69, 9.17) is 10.5 Å². The van der Waals surface area contributed by atoms with E-state index in [0.29, 0.717) is 12.2 Å². The summed E-state index contributed by atoms with van der Waals surface area (Å²) < 4.78 is 6.14. The van der Waals surface area contributed by atoms with Crippen molar-refractivity contribution >= 4 is 18.3 Å². The minimum absolute atomic E-state index is 0. The van der Waals surface area contributed by atoms with Crippen LogP contribution in [0.15, 0.2) is 0 Å². The van der Waals surface area contributed by atoms with Gasteiger partial charge in [-0.25, -0.2) is 0 Å². The predicted molar refractivity (Wildman–Crippen MR) is 87.7 cm³/mol. The Balaban J connectivity index is 0.00000220. The molecule has 21 heavy (non-hydrogen) atoms. The van der Waals surface area contributed by atoms with E-state index in [9.17, 15) is 4.79 Å². The number of piperidine rings is 1. The van der Waals surface area contributed by atoms with Gasteiger partial charge in [0, 0.05) is 13.1 Å². The maximum absolute atomic E-state index is 12.4. The van der Waals surface area contributed by atoms with Crippen molar-refractivity contribution in [2.24, 2.45) is 5.73 Å². The number of likely N-dealkylation sites (tertiary alicyclic amines) is 1. The van der Waals surface area contributed by atoms with Gasteiger partial charge in [0.25, 0.3) is 0 Å². The molecule has 2 aliphatic rings. The fourth-order valence-electron chi connectivity index (χ4n) is 3.48. The molecule has 1 saturated heterocycles. The Morgan fingerprint density at radius 3 is 2.24 bits per heavy atom. The zero-order valence-corrected chi connectivity index (χ0v) is 14.3. The molecule has 124 valence electrons. The summed E-state index contributed by atoms with van der Waals surface area (Å²) in [4.78, 5) is 14.4. The first-order valence-electron chi connectivity index (χ1n) is 8.26. The lowest BCUT2D eigenvalue weighted by Crippen LogP contribution is -2.55. The molecule has 0 aromatic heterocycles. The molecule has 2 N–H and O–H groups in total. The number of halogens is 1. The van der Waals surface area contributed by atoms with Gasteiger partial charge in [-0.2, -0.15) is 0 Å². The van der Waals surface area contributed by atoms with Crippen LogP contribution in [0.1, 0.15) is 65.2 Å². The van der Waals surface area contributed by atoms with Gasteiger partial charge in [-0.1, -0.05) is 26.2 Å². The molecular formula is C16H31ClN2O2. The first-order chi connectivity index (χ1) is 9.53. The Morgan fingerprint density at radius 1 is 1.19 bits per heavy atom. The summed E-state index contributed by atoms with van der Waals surface area (Å²) >= 11 is 0. The number of ether oxygens (including phenoxy) is 1. The molecule has 0 aromatic rings. The maximum atomic E-state index is 12.4. The molecule has 1 amide bonds. The van der Waals surface area contributed by atoms with Gasteiger partial charge in [0.2, 0.25) is 5.91 Å². The number of rotatable bonds is 5. The zero-order chi connectivity index (χ0) is 14.6. The lowest BCUT2D eigenvalue weighted by Gasteiger charge is -2.37. The van der Waals surface area contributed by atoms with Crippen LogP contribution in [0.4, 0.5) is 0 Å². The molecule has 1 unspecified atom stereocenters. The summed E-state index contributed by atoms with van der Waals surface area (Å²) in [7, 11) is 0. The molecule has 2 fully saturated rings. The van der Waals surface area contributed by atoms with E-state index in [1.807, 2.05) is 11.8 Å². The van der Waals surface area contributed by atoms with Gasteiger partial charge in [0.1, 0.15) is 0 Å². The zero-order valence-electron chi connectivity index (χ0n) is 13.5. The first-order valence-corrected chi connectivity index (χ1v) is 8.26. The Hall–Kier alpha value is -0.320. The van der Waals surface area contributed by atoms with Crippen molar-refractivity contribution in [3.63, 3.8) is 0 Å². The number of hydrogen-bond donors (Lipinski definition) is 1. The van der Waals surface area contributed by atoms with Gasteiger partial charge in [-0.05, 0) is 39.0 Å². The molecule has 0 spiro atoms. The Morgan fingerprint density at radius 2 is 1.71 bits per heavy atom. The van der Waals surface area contributed by atoms with E-state index in [2.05, 4.69) is 6.92 Å². The van der Waals surface area contributed by atoms with Crippen molar-refractivity contribution in [2.45, 2.75) is 83.0 Å². The van der Waals surface area contributed by atoms with Crippen LogP contribution in [-0.4, -0.2) is 41.6 Å². The molecule has 1 aliphatic carbocycles. The number of hydrogen-bond acceptors (Lipinski definition) is 3. The van der Waals surface area contributed by atoms with E-state index in [1.165, 1.54) is 25.7 Å². The van der Waals surface area contributed by atoms with Gasteiger partial charge in [0.15, 0.2) is 0 Å². The van der Waals surface area contributed by atoms with Crippen molar-refractivity contribution in [1.29, 1.82) is 0 Å². The molecule has 5 heteroatoms. The normalized spacial score (nSPS) is 23.7. The number of nitrogens with zero attached hydrogens (tertiary/aromatic N) is 1. The number of amides is 1. The first kappa shape index (κ1) is 18.7. The molecule has 4 nitrogen and oxygen atoms in total. The van der Waals surface area contributed by atoms with Crippen LogP contribution < -0.4 is 5.73 Å². The molecule has 0 radical (unpaired) electrons. The lowest BCUT2D eigenvalue weighted by molar-refractivity contribution is -0.140. The smallest absolute Gasteiger partial charge is 0.242 e. The third kappa shape index (κ3) is 5.11. The largest absolute Gasteiger partial charge is 0.375 e. The van der Waals surface area contributed by atoms with Gasteiger partial charge in [-0.15, -0.1) is 12.4 Å². The topological polar surface area (TPSA) is 55.6 Å². The lowest BCUT2D eigenvalue weighted by atomic mass is 9.94. The van der Waals surface area contributed by atoms with Crippen LogP contribution in [0.3, 0.4) is 0 Å². The average Bonchev–Trinajstić information content (AvgIpc) is 2.91. The van der Waals surface area contributed by atoms with Gasteiger partial charge in [-0.3, -0.25) is 4.79 Å². The molecule has 1 heterocycles. The van der Waals surface area contributed by atoms with Crippen LogP contribution in [0.2, 0.25) is 0 Å². The summed E-state index contributed by atoms with van der Waals surface area (Å²) in [5, 5.41) is 0. The van der Waals surface area contributed by atoms with Crippen LogP contribution in [0, 0.1) is 0 Å². The highest BCUT2D eigenvalue weighted by Crippen LogP contribution is 2.26. The third-order valence-electron chi connectivity index (χ3n) is 4.67. The van der Waals surface area contributed by atoms with Gasteiger partial charge >= 0.3 is 0 Å². The third-order valence-corrected chi connectivity index (χ3v) is 4.67. The van der Waals surface area contributed by atoms with E-state index in [0.717, 1.165) is 38.8 Å². The van der Waals surface area contributed by atoms with Gasteiger partial charge in [0.05, 0.1) is 17.7 Å². The maximum Gasteiger partial charge on any atom is 0.242 e. The molecule has 0 aromatic carbocycles. The Labute approximate surface area is 135 Å². The predicted octanol–water partition coefficient (Wildman–Crippen LogP) is 2.88. The standard InChI is InChI=1S/C16H30N2O2.ClH/c1-3-10-16(2,17)15(19)18-11-8-14(9-12-18)20-13-6-4-5-7-13;/h13-14H,3-12,17H2,1-2H3;1H. The van der Waals surface area contributed by atoms with E-state index < -0.39 is 5.54 Å².